The van der Waals surface area contributed by atoms with E-state index in [4.69, 9.17) is 0 Å². The summed E-state index contributed by atoms with van der Waals surface area (Å²) in [6, 6.07) is 4.41. The van der Waals surface area contributed by atoms with Gasteiger partial charge in [-0.3, -0.25) is 0 Å². The number of para-hydroxylation sites is 1. The summed E-state index contributed by atoms with van der Waals surface area (Å²) in [5, 5.41) is 0. The molecule has 2 nitrogen and oxygen atoms in total. The van der Waals surface area contributed by atoms with Gasteiger partial charge in [0.15, 0.2) is 5.75 Å². The van der Waals surface area contributed by atoms with Crippen LogP contribution in [0.25, 0.3) is 0 Å². The van der Waals surface area contributed by atoms with E-state index in [1.807, 2.05) is 0 Å². The minimum Gasteiger partial charge on any atom is -0.404 e. The second-order valence-corrected chi connectivity index (χ2v) is 3.88. The number of hydrogen-bond acceptors (Lipinski definition) is 2. The molecule has 0 amide bonds. The van der Waals surface area contributed by atoms with E-state index in [1.54, 1.807) is 25.1 Å². The third kappa shape index (κ3) is 3.30. The van der Waals surface area contributed by atoms with Crippen molar-refractivity contribution < 1.29 is 17.9 Å². The number of halogens is 4. The van der Waals surface area contributed by atoms with Crippen LogP contribution < -0.4 is 9.64 Å². The molecule has 84 valence electrons. The van der Waals surface area contributed by atoms with Crippen molar-refractivity contribution in [1.29, 1.82) is 0 Å². The summed E-state index contributed by atoms with van der Waals surface area (Å²) < 4.78 is 40.6. The van der Waals surface area contributed by atoms with E-state index < -0.39 is 6.36 Å². The molecular formula is C9H9BrF3NO. The van der Waals surface area contributed by atoms with Gasteiger partial charge in [0.2, 0.25) is 0 Å². The summed E-state index contributed by atoms with van der Waals surface area (Å²) in [6.07, 6.45) is -4.68. The Kier molecular flexibility index (Phi) is 3.49. The molecule has 0 fully saturated rings. The van der Waals surface area contributed by atoms with Crippen LogP contribution in [0.2, 0.25) is 0 Å². The molecule has 0 aromatic heterocycles. The van der Waals surface area contributed by atoms with Gasteiger partial charge >= 0.3 is 6.36 Å². The SMILES string of the molecule is CN(C)c1c(Br)cccc1OC(F)(F)F. The van der Waals surface area contributed by atoms with E-state index >= 15 is 0 Å². The lowest BCUT2D eigenvalue weighted by molar-refractivity contribution is -0.274. The molecule has 0 N–H and O–H groups in total. The molecule has 0 heterocycles. The Bertz CT molecular complexity index is 352. The van der Waals surface area contributed by atoms with E-state index in [9.17, 15) is 13.2 Å². The number of rotatable bonds is 2. The molecule has 0 atom stereocenters. The topological polar surface area (TPSA) is 12.5 Å². The monoisotopic (exact) mass is 283 g/mol. The molecule has 1 rings (SSSR count). The minimum absolute atomic E-state index is 0.220. The van der Waals surface area contributed by atoms with Gasteiger partial charge in [0.25, 0.3) is 0 Å². The first-order valence-corrected chi connectivity index (χ1v) is 4.82. The molecule has 6 heteroatoms. The minimum atomic E-state index is -4.68. The zero-order chi connectivity index (χ0) is 11.6. The van der Waals surface area contributed by atoms with Crippen LogP contribution in [0, 0.1) is 0 Å². The number of nitrogens with zero attached hydrogens (tertiary/aromatic N) is 1. The van der Waals surface area contributed by atoms with Crippen LogP contribution in [-0.2, 0) is 0 Å². The number of anilines is 1. The highest BCUT2D eigenvalue weighted by Crippen LogP contribution is 2.37. The van der Waals surface area contributed by atoms with Crippen molar-refractivity contribution in [3.63, 3.8) is 0 Å². The van der Waals surface area contributed by atoms with Crippen LogP contribution in [0.5, 0.6) is 5.75 Å². The van der Waals surface area contributed by atoms with E-state index in [0.717, 1.165) is 0 Å². The average molecular weight is 284 g/mol. The first-order chi connectivity index (χ1) is 6.81. The van der Waals surface area contributed by atoms with Gasteiger partial charge in [0, 0.05) is 18.6 Å². The lowest BCUT2D eigenvalue weighted by Crippen LogP contribution is -2.20. The summed E-state index contributed by atoms with van der Waals surface area (Å²) in [7, 11) is 3.28. The van der Waals surface area contributed by atoms with E-state index in [2.05, 4.69) is 20.7 Å². The molecule has 0 saturated carbocycles. The summed E-state index contributed by atoms with van der Waals surface area (Å²) in [6.45, 7) is 0. The first kappa shape index (κ1) is 12.2. The molecule has 1 aromatic carbocycles. The average Bonchev–Trinajstić information content (AvgIpc) is 1.99. The predicted octanol–water partition coefficient (Wildman–Crippen LogP) is 3.41. The summed E-state index contributed by atoms with van der Waals surface area (Å²) >= 11 is 3.17. The maximum absolute atomic E-state index is 12.1. The highest BCUT2D eigenvalue weighted by Gasteiger charge is 2.32. The maximum Gasteiger partial charge on any atom is 0.573 e. The van der Waals surface area contributed by atoms with Crippen LogP contribution in [0.4, 0.5) is 18.9 Å². The fourth-order valence-corrected chi connectivity index (χ4v) is 1.84. The second-order valence-electron chi connectivity index (χ2n) is 3.03. The maximum atomic E-state index is 12.1. The number of hydrogen-bond donors (Lipinski definition) is 0. The van der Waals surface area contributed by atoms with Gasteiger partial charge in [-0.25, -0.2) is 0 Å². The van der Waals surface area contributed by atoms with Crippen LogP contribution in [0.15, 0.2) is 22.7 Å². The standard InChI is InChI=1S/C9H9BrF3NO/c1-14(2)8-6(10)4-3-5-7(8)15-9(11,12)13/h3-5H,1-2H3. The zero-order valence-electron chi connectivity index (χ0n) is 8.10. The molecule has 0 bridgehead atoms. The van der Waals surface area contributed by atoms with Crippen LogP contribution >= 0.6 is 15.9 Å². The van der Waals surface area contributed by atoms with Gasteiger partial charge in [-0.2, -0.15) is 0 Å². The summed E-state index contributed by atoms with van der Waals surface area (Å²) in [4.78, 5) is 1.55. The second kappa shape index (κ2) is 4.30. The van der Waals surface area contributed by atoms with Crippen molar-refractivity contribution in [3.8, 4) is 5.75 Å². The number of benzene rings is 1. The summed E-state index contributed by atoms with van der Waals surface area (Å²) in [5.74, 6) is -0.220. The Morgan fingerprint density at radius 1 is 1.27 bits per heavy atom. The molecule has 0 spiro atoms. The molecule has 0 radical (unpaired) electrons. The lowest BCUT2D eigenvalue weighted by Gasteiger charge is -2.19. The van der Waals surface area contributed by atoms with Crippen LogP contribution in [0.1, 0.15) is 0 Å². The van der Waals surface area contributed by atoms with Crippen molar-refractivity contribution in [2.45, 2.75) is 6.36 Å². The lowest BCUT2D eigenvalue weighted by atomic mass is 10.3. The Labute approximate surface area is 93.8 Å². The molecular weight excluding hydrogens is 275 g/mol. The molecule has 0 aliphatic rings. The normalized spacial score (nSPS) is 11.3. The van der Waals surface area contributed by atoms with Gasteiger partial charge in [-0.05, 0) is 28.1 Å². The third-order valence-corrected chi connectivity index (χ3v) is 2.26. The van der Waals surface area contributed by atoms with Gasteiger partial charge in [0.1, 0.15) is 0 Å². The van der Waals surface area contributed by atoms with E-state index in [0.29, 0.717) is 10.2 Å². The quantitative estimate of drug-likeness (QED) is 0.825. The number of ether oxygens (including phenoxy) is 1. The van der Waals surface area contributed by atoms with Crippen molar-refractivity contribution in [2.75, 3.05) is 19.0 Å². The molecule has 1 aromatic rings. The molecule has 0 aliphatic carbocycles. The Hall–Kier alpha value is -0.910. The van der Waals surface area contributed by atoms with Crippen molar-refractivity contribution in [3.05, 3.63) is 22.7 Å². The van der Waals surface area contributed by atoms with E-state index in [-0.39, 0.29) is 5.75 Å². The van der Waals surface area contributed by atoms with Crippen molar-refractivity contribution >= 4 is 21.6 Å². The number of alkyl halides is 3. The molecule has 0 saturated heterocycles. The highest BCUT2D eigenvalue weighted by atomic mass is 79.9. The van der Waals surface area contributed by atoms with E-state index in [1.165, 1.54) is 12.1 Å². The smallest absolute Gasteiger partial charge is 0.404 e. The highest BCUT2D eigenvalue weighted by molar-refractivity contribution is 9.10. The van der Waals surface area contributed by atoms with Crippen LogP contribution in [0.3, 0.4) is 0 Å². The molecule has 0 aliphatic heterocycles. The fraction of sp³-hybridized carbons (Fsp3) is 0.333. The van der Waals surface area contributed by atoms with Gasteiger partial charge in [-0.1, -0.05) is 6.07 Å². The summed E-state index contributed by atoms with van der Waals surface area (Å²) in [5.41, 5.74) is 0.356. The van der Waals surface area contributed by atoms with Gasteiger partial charge in [-0.15, -0.1) is 13.2 Å². The predicted molar refractivity (Wildman–Crippen MR) is 55.2 cm³/mol. The molecule has 15 heavy (non-hydrogen) atoms. The Morgan fingerprint density at radius 2 is 1.87 bits per heavy atom. The first-order valence-electron chi connectivity index (χ1n) is 4.03. The van der Waals surface area contributed by atoms with Crippen LogP contribution in [-0.4, -0.2) is 20.5 Å². The largest absolute Gasteiger partial charge is 0.573 e. The molecule has 0 unspecified atom stereocenters. The Morgan fingerprint density at radius 3 is 2.33 bits per heavy atom. The zero-order valence-corrected chi connectivity index (χ0v) is 9.69. The van der Waals surface area contributed by atoms with Crippen molar-refractivity contribution in [2.24, 2.45) is 0 Å². The van der Waals surface area contributed by atoms with Crippen molar-refractivity contribution in [1.82, 2.24) is 0 Å². The van der Waals surface area contributed by atoms with Gasteiger partial charge < -0.3 is 9.64 Å². The Balaban J connectivity index is 3.12. The third-order valence-electron chi connectivity index (χ3n) is 1.62. The fourth-order valence-electron chi connectivity index (χ4n) is 1.14. The van der Waals surface area contributed by atoms with Gasteiger partial charge in [0.05, 0.1) is 5.69 Å².